The minimum absolute atomic E-state index is 0.229. The van der Waals surface area contributed by atoms with Crippen molar-refractivity contribution >= 4 is 23.4 Å². The van der Waals surface area contributed by atoms with Gasteiger partial charge in [0.05, 0.1) is 0 Å². The van der Waals surface area contributed by atoms with E-state index in [1.54, 1.807) is 36.4 Å². The molecule has 2 aromatic rings. The number of benzene rings is 2. The standard InChI is InChI=1S/C21H24ClFN2O2/c1-14(2)13-19(25-20(26)16-5-7-17(22)8-6-16)21(27)24-12-11-15-3-9-18(23)10-4-15/h3-10,14,19H,11-13H2,1-2H3,(H,24,27)(H,25,26). The third kappa shape index (κ3) is 7.02. The van der Waals surface area contributed by atoms with Crippen LogP contribution >= 0.6 is 11.6 Å². The van der Waals surface area contributed by atoms with Gasteiger partial charge in [0, 0.05) is 17.1 Å². The summed E-state index contributed by atoms with van der Waals surface area (Å²) in [5.74, 6) is -0.591. The molecule has 0 saturated heterocycles. The van der Waals surface area contributed by atoms with Crippen molar-refractivity contribution in [1.29, 1.82) is 0 Å². The molecular formula is C21H24ClFN2O2. The molecule has 4 nitrogen and oxygen atoms in total. The number of hydrogen-bond acceptors (Lipinski definition) is 2. The summed E-state index contributed by atoms with van der Waals surface area (Å²) in [4.78, 5) is 24.9. The van der Waals surface area contributed by atoms with E-state index in [-0.39, 0.29) is 23.5 Å². The first-order valence-electron chi connectivity index (χ1n) is 8.93. The third-order valence-corrected chi connectivity index (χ3v) is 4.31. The minimum atomic E-state index is -0.624. The highest BCUT2D eigenvalue weighted by Gasteiger charge is 2.22. The van der Waals surface area contributed by atoms with Gasteiger partial charge < -0.3 is 10.6 Å². The Morgan fingerprint density at radius 2 is 1.67 bits per heavy atom. The van der Waals surface area contributed by atoms with Crippen molar-refractivity contribution in [3.63, 3.8) is 0 Å². The Morgan fingerprint density at radius 3 is 2.26 bits per heavy atom. The van der Waals surface area contributed by atoms with Gasteiger partial charge >= 0.3 is 0 Å². The number of carbonyl (C=O) groups excluding carboxylic acids is 2. The predicted octanol–water partition coefficient (Wildman–Crippen LogP) is 3.98. The molecule has 0 aromatic heterocycles. The van der Waals surface area contributed by atoms with Crippen molar-refractivity contribution in [2.24, 2.45) is 5.92 Å². The van der Waals surface area contributed by atoms with Crippen LogP contribution in [0.3, 0.4) is 0 Å². The van der Waals surface area contributed by atoms with E-state index in [1.807, 2.05) is 13.8 Å². The van der Waals surface area contributed by atoms with Crippen LogP contribution in [0.2, 0.25) is 5.02 Å². The van der Waals surface area contributed by atoms with Crippen LogP contribution in [-0.2, 0) is 11.2 Å². The van der Waals surface area contributed by atoms with Gasteiger partial charge in [-0.25, -0.2) is 4.39 Å². The Bertz CT molecular complexity index is 761. The highest BCUT2D eigenvalue weighted by molar-refractivity contribution is 6.30. The van der Waals surface area contributed by atoms with E-state index in [0.717, 1.165) is 5.56 Å². The number of hydrogen-bond donors (Lipinski definition) is 2. The fourth-order valence-corrected chi connectivity index (χ4v) is 2.78. The maximum Gasteiger partial charge on any atom is 0.251 e. The minimum Gasteiger partial charge on any atom is -0.354 e. The molecule has 144 valence electrons. The molecule has 1 unspecified atom stereocenters. The quantitative estimate of drug-likeness (QED) is 0.716. The van der Waals surface area contributed by atoms with Gasteiger partial charge in [-0.2, -0.15) is 0 Å². The average Bonchev–Trinajstić information content (AvgIpc) is 2.63. The fourth-order valence-electron chi connectivity index (χ4n) is 2.65. The molecule has 0 aliphatic rings. The van der Waals surface area contributed by atoms with Gasteiger partial charge in [-0.1, -0.05) is 37.6 Å². The van der Waals surface area contributed by atoms with Crippen LogP contribution in [0.4, 0.5) is 4.39 Å². The molecule has 0 saturated carbocycles. The summed E-state index contributed by atoms with van der Waals surface area (Å²) in [5, 5.41) is 6.19. The maximum absolute atomic E-state index is 12.9. The fraction of sp³-hybridized carbons (Fsp3) is 0.333. The van der Waals surface area contributed by atoms with Crippen LogP contribution < -0.4 is 10.6 Å². The molecule has 2 rings (SSSR count). The lowest BCUT2D eigenvalue weighted by Crippen LogP contribution is -2.47. The van der Waals surface area contributed by atoms with E-state index in [0.29, 0.717) is 30.0 Å². The largest absolute Gasteiger partial charge is 0.354 e. The molecule has 0 aliphatic carbocycles. The third-order valence-electron chi connectivity index (χ3n) is 4.06. The average molecular weight is 391 g/mol. The number of carbonyl (C=O) groups is 2. The first kappa shape index (κ1) is 20.9. The zero-order valence-corrected chi connectivity index (χ0v) is 16.2. The van der Waals surface area contributed by atoms with Gasteiger partial charge in [0.1, 0.15) is 11.9 Å². The second-order valence-electron chi connectivity index (χ2n) is 6.83. The summed E-state index contributed by atoms with van der Waals surface area (Å²) in [7, 11) is 0. The van der Waals surface area contributed by atoms with Gasteiger partial charge in [0.25, 0.3) is 5.91 Å². The van der Waals surface area contributed by atoms with Crippen molar-refractivity contribution in [3.8, 4) is 0 Å². The molecule has 0 bridgehead atoms. The van der Waals surface area contributed by atoms with E-state index >= 15 is 0 Å². The first-order chi connectivity index (χ1) is 12.8. The van der Waals surface area contributed by atoms with Crippen LogP contribution in [0.25, 0.3) is 0 Å². The second kappa shape index (κ2) is 10.1. The molecule has 0 radical (unpaired) electrons. The van der Waals surface area contributed by atoms with Crippen molar-refractivity contribution in [1.82, 2.24) is 10.6 Å². The molecule has 0 heterocycles. The van der Waals surface area contributed by atoms with Gasteiger partial charge in [-0.05, 0) is 60.7 Å². The zero-order chi connectivity index (χ0) is 19.8. The molecule has 6 heteroatoms. The lowest BCUT2D eigenvalue weighted by atomic mass is 10.0. The Morgan fingerprint density at radius 1 is 1.04 bits per heavy atom. The smallest absolute Gasteiger partial charge is 0.251 e. The van der Waals surface area contributed by atoms with Gasteiger partial charge in [0.2, 0.25) is 5.91 Å². The molecule has 0 spiro atoms. The monoisotopic (exact) mass is 390 g/mol. The Labute approximate surface area is 164 Å². The molecule has 0 fully saturated rings. The van der Waals surface area contributed by atoms with Crippen molar-refractivity contribution in [3.05, 3.63) is 70.5 Å². The van der Waals surface area contributed by atoms with Crippen molar-refractivity contribution < 1.29 is 14.0 Å². The summed E-state index contributed by atoms with van der Waals surface area (Å²) in [6.45, 7) is 4.40. The normalized spacial score (nSPS) is 11.9. The number of nitrogens with one attached hydrogen (secondary N) is 2. The van der Waals surface area contributed by atoms with Crippen LogP contribution in [0.15, 0.2) is 48.5 Å². The van der Waals surface area contributed by atoms with E-state index in [1.165, 1.54) is 12.1 Å². The van der Waals surface area contributed by atoms with E-state index in [9.17, 15) is 14.0 Å². The summed E-state index contributed by atoms with van der Waals surface area (Å²) in [6, 6.07) is 12.1. The van der Waals surface area contributed by atoms with Gasteiger partial charge in [0.15, 0.2) is 0 Å². The maximum atomic E-state index is 12.9. The highest BCUT2D eigenvalue weighted by atomic mass is 35.5. The molecule has 2 amide bonds. The van der Waals surface area contributed by atoms with Crippen LogP contribution in [0, 0.1) is 11.7 Å². The highest BCUT2D eigenvalue weighted by Crippen LogP contribution is 2.11. The number of amides is 2. The summed E-state index contributed by atoms with van der Waals surface area (Å²) < 4.78 is 12.9. The second-order valence-corrected chi connectivity index (χ2v) is 7.27. The van der Waals surface area contributed by atoms with E-state index in [4.69, 9.17) is 11.6 Å². The summed E-state index contributed by atoms with van der Waals surface area (Å²) in [5.41, 5.74) is 1.38. The molecule has 1 atom stereocenters. The lowest BCUT2D eigenvalue weighted by Gasteiger charge is -2.20. The van der Waals surface area contributed by atoms with E-state index < -0.39 is 6.04 Å². The van der Waals surface area contributed by atoms with E-state index in [2.05, 4.69) is 10.6 Å². The molecule has 27 heavy (non-hydrogen) atoms. The van der Waals surface area contributed by atoms with Gasteiger partial charge in [-0.15, -0.1) is 0 Å². The van der Waals surface area contributed by atoms with Crippen molar-refractivity contribution in [2.75, 3.05) is 6.54 Å². The Hall–Kier alpha value is -2.40. The SMILES string of the molecule is CC(C)CC(NC(=O)c1ccc(Cl)cc1)C(=O)NCCc1ccc(F)cc1. The molecule has 2 aromatic carbocycles. The summed E-state index contributed by atoms with van der Waals surface area (Å²) >= 11 is 5.84. The lowest BCUT2D eigenvalue weighted by molar-refractivity contribution is -0.123. The van der Waals surface area contributed by atoms with Crippen LogP contribution in [0.5, 0.6) is 0 Å². The topological polar surface area (TPSA) is 58.2 Å². The van der Waals surface area contributed by atoms with Crippen molar-refractivity contribution in [2.45, 2.75) is 32.7 Å². The zero-order valence-electron chi connectivity index (χ0n) is 15.5. The number of halogens is 2. The Kier molecular flexibility index (Phi) is 7.80. The molecule has 0 aliphatic heterocycles. The van der Waals surface area contributed by atoms with Crippen LogP contribution in [0.1, 0.15) is 36.2 Å². The Balaban J connectivity index is 1.93. The predicted molar refractivity (Wildman–Crippen MR) is 105 cm³/mol. The van der Waals surface area contributed by atoms with Crippen LogP contribution in [-0.4, -0.2) is 24.4 Å². The number of rotatable bonds is 8. The molecular weight excluding hydrogens is 367 g/mol. The van der Waals surface area contributed by atoms with Gasteiger partial charge in [-0.3, -0.25) is 9.59 Å². The summed E-state index contributed by atoms with van der Waals surface area (Å²) in [6.07, 6.45) is 1.12. The first-order valence-corrected chi connectivity index (χ1v) is 9.31. The molecule has 2 N–H and O–H groups in total.